The van der Waals surface area contributed by atoms with Crippen molar-refractivity contribution in [3.8, 4) is 0 Å². The van der Waals surface area contributed by atoms with Crippen LogP contribution < -0.4 is 5.43 Å². The monoisotopic (exact) mass is 442 g/mol. The van der Waals surface area contributed by atoms with Crippen LogP contribution in [0.15, 0.2) is 102 Å². The van der Waals surface area contributed by atoms with E-state index in [4.69, 9.17) is 11.6 Å². The molecule has 0 spiro atoms. The van der Waals surface area contributed by atoms with E-state index in [-0.39, 0.29) is 5.91 Å². The minimum Gasteiger partial charge on any atom is -0.266 e. The highest BCUT2D eigenvalue weighted by atomic mass is 35.5. The van der Waals surface area contributed by atoms with Crippen molar-refractivity contribution in [1.82, 2.24) is 5.43 Å². The molecule has 4 aromatic rings. The third-order valence-corrected chi connectivity index (χ3v) is 6.19. The number of carbonyl (C=O) groups excluding carboxylic acids is 1. The van der Waals surface area contributed by atoms with Crippen LogP contribution in [0.25, 0.3) is 22.2 Å². The van der Waals surface area contributed by atoms with E-state index in [1.54, 1.807) is 0 Å². The van der Waals surface area contributed by atoms with Gasteiger partial charge < -0.3 is 0 Å². The molecule has 0 saturated heterocycles. The maximum absolute atomic E-state index is 12.7. The van der Waals surface area contributed by atoms with E-state index >= 15 is 0 Å². The van der Waals surface area contributed by atoms with Crippen LogP contribution in [0.4, 0.5) is 0 Å². The summed E-state index contributed by atoms with van der Waals surface area (Å²) < 4.78 is 0.967. The lowest BCUT2D eigenvalue weighted by atomic mass is 10.1. The van der Waals surface area contributed by atoms with Gasteiger partial charge in [-0.25, -0.2) is 5.43 Å². The molecule has 0 fully saturated rings. The molecule has 31 heavy (non-hydrogen) atoms. The van der Waals surface area contributed by atoms with Gasteiger partial charge in [0.2, 0.25) is 0 Å². The average molecular weight is 443 g/mol. The third kappa shape index (κ3) is 5.37. The summed E-state index contributed by atoms with van der Waals surface area (Å²) in [5.41, 5.74) is 5.34. The van der Waals surface area contributed by atoms with Crippen molar-refractivity contribution in [3.63, 3.8) is 0 Å². The molecule has 0 unspecified atom stereocenters. The summed E-state index contributed by atoms with van der Waals surface area (Å²) in [7, 11) is 0. The second-order valence-electron chi connectivity index (χ2n) is 6.71. The van der Waals surface area contributed by atoms with Gasteiger partial charge in [-0.3, -0.25) is 4.79 Å². The zero-order valence-electron chi connectivity index (χ0n) is 16.5. The Balaban J connectivity index is 1.58. The summed E-state index contributed by atoms with van der Waals surface area (Å²) in [6.45, 7) is 0. The summed E-state index contributed by atoms with van der Waals surface area (Å²) in [4.78, 5) is 13.2. The lowest BCUT2D eigenvalue weighted by Crippen LogP contribution is -2.18. The molecule has 0 saturated carbocycles. The number of rotatable bonds is 6. The molecule has 3 nitrogen and oxygen atoms in total. The van der Waals surface area contributed by atoms with Crippen molar-refractivity contribution >= 4 is 56.8 Å². The molecule has 5 heteroatoms. The van der Waals surface area contributed by atoms with Gasteiger partial charge in [0.25, 0.3) is 5.91 Å². The number of benzene rings is 3. The van der Waals surface area contributed by atoms with E-state index in [1.807, 2.05) is 109 Å². The molecule has 0 aliphatic carbocycles. The molecule has 1 aromatic heterocycles. The fourth-order valence-electron chi connectivity index (χ4n) is 2.95. The minimum atomic E-state index is -0.329. The number of nitrogens with one attached hydrogen (secondary N) is 1. The van der Waals surface area contributed by atoms with Crippen molar-refractivity contribution in [2.75, 3.05) is 0 Å². The van der Waals surface area contributed by atoms with Crippen molar-refractivity contribution in [2.45, 2.75) is 0 Å². The number of amides is 1. The highest BCUT2D eigenvalue weighted by molar-refractivity contribution is 7.21. The SMILES string of the molecule is O=C(NN=C(/C=C\c1ccccc1)/C=C/c1ccccc1)c1sc2ccccc2c1Cl. The summed E-state index contributed by atoms with van der Waals surface area (Å²) in [6, 6.07) is 27.5. The number of hydrazone groups is 1. The molecule has 0 radical (unpaired) electrons. The number of hydrogen-bond donors (Lipinski definition) is 1. The fourth-order valence-corrected chi connectivity index (χ4v) is 4.35. The fraction of sp³-hybridized carbons (Fsp3) is 0. The van der Waals surface area contributed by atoms with Crippen molar-refractivity contribution in [3.05, 3.63) is 118 Å². The van der Waals surface area contributed by atoms with Gasteiger partial charge in [0.1, 0.15) is 4.88 Å². The van der Waals surface area contributed by atoms with Gasteiger partial charge in [-0.1, -0.05) is 103 Å². The number of thiophene rings is 1. The molecule has 0 atom stereocenters. The van der Waals surface area contributed by atoms with Gasteiger partial charge in [-0.2, -0.15) is 5.10 Å². The summed E-state index contributed by atoms with van der Waals surface area (Å²) >= 11 is 7.78. The van der Waals surface area contributed by atoms with Crippen LogP contribution in [0.1, 0.15) is 20.8 Å². The number of carbonyl (C=O) groups is 1. The predicted molar refractivity (Wildman–Crippen MR) is 133 cm³/mol. The van der Waals surface area contributed by atoms with E-state index in [2.05, 4.69) is 10.5 Å². The summed E-state index contributed by atoms with van der Waals surface area (Å²) in [5.74, 6) is -0.329. The summed E-state index contributed by atoms with van der Waals surface area (Å²) in [6.07, 6.45) is 7.63. The standard InChI is InChI=1S/C26H19ClN2OS/c27-24-22-13-7-8-14-23(22)31-25(24)26(30)29-28-21(17-15-19-9-3-1-4-10-19)18-16-20-11-5-2-6-12-20/h1-18H,(H,29,30)/b17-15-,18-16+,28-21?. The molecule has 1 amide bonds. The Hall–Kier alpha value is -3.47. The van der Waals surface area contributed by atoms with E-state index in [9.17, 15) is 4.79 Å². The van der Waals surface area contributed by atoms with Gasteiger partial charge >= 0.3 is 0 Å². The highest BCUT2D eigenvalue weighted by Gasteiger charge is 2.16. The van der Waals surface area contributed by atoms with Crippen LogP contribution >= 0.6 is 22.9 Å². The first-order chi connectivity index (χ1) is 15.2. The minimum absolute atomic E-state index is 0.329. The van der Waals surface area contributed by atoms with E-state index in [0.29, 0.717) is 15.6 Å². The normalized spacial score (nSPS) is 12.1. The van der Waals surface area contributed by atoms with E-state index in [0.717, 1.165) is 21.2 Å². The first-order valence-electron chi connectivity index (χ1n) is 9.72. The van der Waals surface area contributed by atoms with Crippen LogP contribution in [0, 0.1) is 0 Å². The van der Waals surface area contributed by atoms with Gasteiger partial charge in [0.15, 0.2) is 0 Å². The zero-order valence-corrected chi connectivity index (χ0v) is 18.1. The maximum atomic E-state index is 12.7. The first-order valence-corrected chi connectivity index (χ1v) is 10.9. The Bertz CT molecular complexity index is 1220. The maximum Gasteiger partial charge on any atom is 0.283 e. The van der Waals surface area contributed by atoms with Crippen LogP contribution in [-0.2, 0) is 0 Å². The first kappa shape index (κ1) is 20.8. The molecule has 4 rings (SSSR count). The molecule has 152 valence electrons. The smallest absolute Gasteiger partial charge is 0.266 e. The third-order valence-electron chi connectivity index (χ3n) is 4.52. The molecule has 0 bridgehead atoms. The largest absolute Gasteiger partial charge is 0.283 e. The Labute approximate surface area is 190 Å². The highest BCUT2D eigenvalue weighted by Crippen LogP contribution is 2.34. The van der Waals surface area contributed by atoms with Gasteiger partial charge in [0, 0.05) is 10.1 Å². The Kier molecular flexibility index (Phi) is 6.72. The van der Waals surface area contributed by atoms with Crippen LogP contribution in [-0.4, -0.2) is 11.6 Å². The predicted octanol–water partition coefficient (Wildman–Crippen LogP) is 7.07. The molecule has 1 heterocycles. The van der Waals surface area contributed by atoms with Crippen molar-refractivity contribution < 1.29 is 4.79 Å². The second-order valence-corrected chi connectivity index (χ2v) is 8.14. The molecular weight excluding hydrogens is 424 g/mol. The molecule has 0 aliphatic rings. The van der Waals surface area contributed by atoms with Crippen LogP contribution in [0.3, 0.4) is 0 Å². The number of hydrogen-bond acceptors (Lipinski definition) is 3. The number of fused-ring (bicyclic) bond motifs is 1. The van der Waals surface area contributed by atoms with Gasteiger partial charge in [-0.05, 0) is 29.3 Å². The van der Waals surface area contributed by atoms with E-state index < -0.39 is 0 Å². The van der Waals surface area contributed by atoms with Crippen molar-refractivity contribution in [2.24, 2.45) is 5.10 Å². The van der Waals surface area contributed by atoms with Gasteiger partial charge in [-0.15, -0.1) is 11.3 Å². The Morgan fingerprint density at radius 2 is 1.35 bits per heavy atom. The number of halogens is 1. The molecule has 0 aliphatic heterocycles. The van der Waals surface area contributed by atoms with Gasteiger partial charge in [0.05, 0.1) is 10.7 Å². The Morgan fingerprint density at radius 1 is 0.806 bits per heavy atom. The molecular formula is C26H19ClN2OS. The lowest BCUT2D eigenvalue weighted by molar-refractivity contribution is 0.0959. The quantitative estimate of drug-likeness (QED) is 0.252. The Morgan fingerprint density at radius 3 is 1.94 bits per heavy atom. The van der Waals surface area contributed by atoms with E-state index in [1.165, 1.54) is 11.3 Å². The van der Waals surface area contributed by atoms with Crippen molar-refractivity contribution in [1.29, 1.82) is 0 Å². The number of allylic oxidation sites excluding steroid dienone is 2. The second kappa shape index (κ2) is 10.0. The molecule has 1 N–H and O–H groups in total. The topological polar surface area (TPSA) is 41.5 Å². The average Bonchev–Trinajstić information content (AvgIpc) is 3.16. The van der Waals surface area contributed by atoms with Crippen LogP contribution in [0.2, 0.25) is 5.02 Å². The van der Waals surface area contributed by atoms with Crippen LogP contribution in [0.5, 0.6) is 0 Å². The lowest BCUT2D eigenvalue weighted by Gasteiger charge is -2.00. The molecule has 3 aromatic carbocycles. The number of nitrogens with zero attached hydrogens (tertiary/aromatic N) is 1. The summed E-state index contributed by atoms with van der Waals surface area (Å²) in [5, 5.41) is 5.66. The zero-order chi connectivity index (χ0) is 21.5.